The quantitative estimate of drug-likeness (QED) is 0.746. The van der Waals surface area contributed by atoms with Gasteiger partial charge in [-0.2, -0.15) is 0 Å². The fourth-order valence-corrected chi connectivity index (χ4v) is 3.06. The van der Waals surface area contributed by atoms with Crippen molar-refractivity contribution in [1.82, 2.24) is 15.1 Å². The molecule has 0 saturated carbocycles. The highest BCUT2D eigenvalue weighted by Gasteiger charge is 2.36. The van der Waals surface area contributed by atoms with E-state index in [9.17, 15) is 9.59 Å². The third-order valence-corrected chi connectivity index (χ3v) is 4.05. The molecule has 2 aliphatic rings. The summed E-state index contributed by atoms with van der Waals surface area (Å²) in [5.41, 5.74) is 0. The molecule has 2 amide bonds. The standard InChI is InChI=1S/C12H21N3O3/c1-13-11(16)10-3-2-6-15(10)9-4-7-14(8-5-9)12(17)18/h9-10H,2-8H2,1H3,(H,13,16)(H,17,18)/t10-/m0/s1. The van der Waals surface area contributed by atoms with Crippen molar-refractivity contribution < 1.29 is 14.7 Å². The Kier molecular flexibility index (Phi) is 4.06. The van der Waals surface area contributed by atoms with E-state index in [4.69, 9.17) is 5.11 Å². The van der Waals surface area contributed by atoms with Crippen LogP contribution >= 0.6 is 0 Å². The minimum absolute atomic E-state index is 0.0172. The van der Waals surface area contributed by atoms with E-state index in [1.807, 2.05) is 0 Å². The summed E-state index contributed by atoms with van der Waals surface area (Å²) >= 11 is 0. The van der Waals surface area contributed by atoms with Crippen LogP contribution in [0.15, 0.2) is 0 Å². The van der Waals surface area contributed by atoms with Gasteiger partial charge in [0.1, 0.15) is 0 Å². The molecular weight excluding hydrogens is 234 g/mol. The van der Waals surface area contributed by atoms with Crippen molar-refractivity contribution in [3.05, 3.63) is 0 Å². The van der Waals surface area contributed by atoms with Crippen LogP contribution in [0.3, 0.4) is 0 Å². The number of likely N-dealkylation sites (tertiary alicyclic amines) is 2. The number of hydrogen-bond donors (Lipinski definition) is 2. The summed E-state index contributed by atoms with van der Waals surface area (Å²) in [5.74, 6) is 0.0909. The summed E-state index contributed by atoms with van der Waals surface area (Å²) < 4.78 is 0. The number of carboxylic acid groups (broad SMARTS) is 1. The van der Waals surface area contributed by atoms with Gasteiger partial charge in [0.15, 0.2) is 0 Å². The van der Waals surface area contributed by atoms with E-state index in [2.05, 4.69) is 10.2 Å². The summed E-state index contributed by atoms with van der Waals surface area (Å²) in [6, 6.07) is 0.335. The number of nitrogens with one attached hydrogen (secondary N) is 1. The number of hydrogen-bond acceptors (Lipinski definition) is 3. The van der Waals surface area contributed by atoms with Gasteiger partial charge < -0.3 is 15.3 Å². The maximum Gasteiger partial charge on any atom is 0.407 e. The second-order valence-electron chi connectivity index (χ2n) is 5.01. The van der Waals surface area contributed by atoms with E-state index in [-0.39, 0.29) is 11.9 Å². The summed E-state index contributed by atoms with van der Waals surface area (Å²) in [6.45, 7) is 2.11. The Labute approximate surface area is 107 Å². The molecule has 0 spiro atoms. The van der Waals surface area contributed by atoms with Crippen LogP contribution in [-0.4, -0.2) is 65.7 Å². The van der Waals surface area contributed by atoms with Crippen molar-refractivity contribution in [3.8, 4) is 0 Å². The molecule has 6 heteroatoms. The average molecular weight is 255 g/mol. The SMILES string of the molecule is CNC(=O)[C@@H]1CCCN1C1CCN(C(=O)O)CC1. The van der Waals surface area contributed by atoms with Crippen LogP contribution in [0.5, 0.6) is 0 Å². The zero-order valence-corrected chi connectivity index (χ0v) is 10.8. The highest BCUT2D eigenvalue weighted by molar-refractivity contribution is 5.81. The zero-order chi connectivity index (χ0) is 13.1. The first kappa shape index (κ1) is 13.1. The van der Waals surface area contributed by atoms with E-state index in [1.165, 1.54) is 4.90 Å². The lowest BCUT2D eigenvalue weighted by atomic mass is 10.0. The number of carbonyl (C=O) groups excluding carboxylic acids is 1. The second-order valence-corrected chi connectivity index (χ2v) is 5.01. The van der Waals surface area contributed by atoms with Gasteiger partial charge >= 0.3 is 6.09 Å². The van der Waals surface area contributed by atoms with Crippen LogP contribution in [0.4, 0.5) is 4.79 Å². The van der Waals surface area contributed by atoms with Gasteiger partial charge in [-0.05, 0) is 32.2 Å². The number of carbonyl (C=O) groups is 2. The largest absolute Gasteiger partial charge is 0.465 e. The summed E-state index contributed by atoms with van der Waals surface area (Å²) in [6.07, 6.45) is 2.80. The van der Waals surface area contributed by atoms with E-state index in [0.29, 0.717) is 19.1 Å². The Morgan fingerprint density at radius 2 is 1.83 bits per heavy atom. The molecule has 6 nitrogen and oxygen atoms in total. The third-order valence-electron chi connectivity index (χ3n) is 4.05. The van der Waals surface area contributed by atoms with Gasteiger partial charge in [-0.25, -0.2) is 4.79 Å². The molecule has 0 aromatic heterocycles. The fourth-order valence-electron chi connectivity index (χ4n) is 3.06. The molecule has 2 heterocycles. The predicted octanol–water partition coefficient (Wildman–Crippen LogP) is 0.339. The van der Waals surface area contributed by atoms with Gasteiger partial charge in [0.25, 0.3) is 0 Å². The van der Waals surface area contributed by atoms with Crippen LogP contribution in [0, 0.1) is 0 Å². The lowest BCUT2D eigenvalue weighted by Gasteiger charge is -2.37. The van der Waals surface area contributed by atoms with E-state index < -0.39 is 6.09 Å². The van der Waals surface area contributed by atoms with Crippen molar-refractivity contribution >= 4 is 12.0 Å². The van der Waals surface area contributed by atoms with E-state index in [0.717, 1.165) is 32.2 Å². The van der Waals surface area contributed by atoms with Crippen molar-refractivity contribution in [1.29, 1.82) is 0 Å². The molecule has 0 aromatic rings. The fraction of sp³-hybridized carbons (Fsp3) is 0.833. The van der Waals surface area contributed by atoms with Crippen LogP contribution in [-0.2, 0) is 4.79 Å². The minimum atomic E-state index is -0.835. The highest BCUT2D eigenvalue weighted by Crippen LogP contribution is 2.26. The topological polar surface area (TPSA) is 72.9 Å². The number of rotatable bonds is 2. The van der Waals surface area contributed by atoms with Gasteiger partial charge in [-0.15, -0.1) is 0 Å². The maximum atomic E-state index is 11.8. The molecule has 18 heavy (non-hydrogen) atoms. The number of likely N-dealkylation sites (N-methyl/N-ethyl adjacent to an activating group) is 1. The maximum absolute atomic E-state index is 11.8. The van der Waals surface area contributed by atoms with Gasteiger partial charge in [0, 0.05) is 26.2 Å². The van der Waals surface area contributed by atoms with Crippen LogP contribution in [0.2, 0.25) is 0 Å². The van der Waals surface area contributed by atoms with Crippen LogP contribution in [0.25, 0.3) is 0 Å². The molecule has 2 saturated heterocycles. The average Bonchev–Trinajstić information content (AvgIpc) is 2.87. The molecule has 102 valence electrons. The molecule has 2 N–H and O–H groups in total. The minimum Gasteiger partial charge on any atom is -0.465 e. The Morgan fingerprint density at radius 3 is 2.39 bits per heavy atom. The van der Waals surface area contributed by atoms with Gasteiger partial charge in [-0.1, -0.05) is 0 Å². The summed E-state index contributed by atoms with van der Waals surface area (Å²) in [4.78, 5) is 26.4. The molecule has 0 unspecified atom stereocenters. The molecule has 1 atom stereocenters. The molecule has 0 aliphatic carbocycles. The first-order chi connectivity index (χ1) is 8.63. The molecular formula is C12H21N3O3. The predicted molar refractivity (Wildman–Crippen MR) is 66.4 cm³/mol. The third kappa shape index (κ3) is 2.58. The molecule has 0 bridgehead atoms. The number of nitrogens with zero attached hydrogens (tertiary/aromatic N) is 2. The van der Waals surface area contributed by atoms with E-state index >= 15 is 0 Å². The smallest absolute Gasteiger partial charge is 0.407 e. The Morgan fingerprint density at radius 1 is 1.17 bits per heavy atom. The van der Waals surface area contributed by atoms with Gasteiger partial charge in [-0.3, -0.25) is 9.69 Å². The highest BCUT2D eigenvalue weighted by atomic mass is 16.4. The Hall–Kier alpha value is -1.30. The number of piperidine rings is 1. The van der Waals surface area contributed by atoms with Crippen LogP contribution < -0.4 is 5.32 Å². The first-order valence-corrected chi connectivity index (χ1v) is 6.58. The van der Waals surface area contributed by atoms with E-state index in [1.54, 1.807) is 7.05 Å². The van der Waals surface area contributed by atoms with Crippen LogP contribution in [0.1, 0.15) is 25.7 Å². The Bertz CT molecular complexity index is 327. The molecule has 0 aromatic carbocycles. The molecule has 2 fully saturated rings. The lowest BCUT2D eigenvalue weighted by molar-refractivity contribution is -0.126. The van der Waals surface area contributed by atoms with Crippen molar-refractivity contribution in [2.45, 2.75) is 37.8 Å². The molecule has 0 radical (unpaired) electrons. The molecule has 2 aliphatic heterocycles. The van der Waals surface area contributed by atoms with Crippen molar-refractivity contribution in [2.24, 2.45) is 0 Å². The number of amides is 2. The lowest BCUT2D eigenvalue weighted by Crippen LogP contribution is -2.51. The summed E-state index contributed by atoms with van der Waals surface area (Å²) in [7, 11) is 1.67. The Balaban J connectivity index is 1.92. The zero-order valence-electron chi connectivity index (χ0n) is 10.8. The first-order valence-electron chi connectivity index (χ1n) is 6.58. The molecule has 2 rings (SSSR count). The second kappa shape index (κ2) is 5.56. The van der Waals surface area contributed by atoms with Gasteiger partial charge in [0.2, 0.25) is 5.91 Å². The van der Waals surface area contributed by atoms with Gasteiger partial charge in [0.05, 0.1) is 6.04 Å². The van der Waals surface area contributed by atoms with Crippen molar-refractivity contribution in [2.75, 3.05) is 26.7 Å². The summed E-state index contributed by atoms with van der Waals surface area (Å²) in [5, 5.41) is 11.6. The normalized spacial score (nSPS) is 26.3. The monoisotopic (exact) mass is 255 g/mol. The van der Waals surface area contributed by atoms with Crippen molar-refractivity contribution in [3.63, 3.8) is 0 Å².